The Labute approximate surface area is 218 Å². The van der Waals surface area contributed by atoms with Gasteiger partial charge in [-0.2, -0.15) is 4.98 Å². The van der Waals surface area contributed by atoms with Gasteiger partial charge in [-0.25, -0.2) is 4.79 Å². The van der Waals surface area contributed by atoms with E-state index in [1.165, 1.54) is 24.0 Å². The van der Waals surface area contributed by atoms with Gasteiger partial charge in [0.2, 0.25) is 0 Å². The molecule has 1 saturated heterocycles. The first-order valence-electron chi connectivity index (χ1n) is 12.5. The van der Waals surface area contributed by atoms with Crippen LogP contribution in [0.4, 0.5) is 5.95 Å². The quantitative estimate of drug-likeness (QED) is 0.274. The highest BCUT2D eigenvalue weighted by molar-refractivity contribution is 7.17. The Kier molecular flexibility index (Phi) is 6.52. The third-order valence-electron chi connectivity index (χ3n) is 6.97. The summed E-state index contributed by atoms with van der Waals surface area (Å²) in [5.41, 5.74) is 4.27. The van der Waals surface area contributed by atoms with Gasteiger partial charge in [0.25, 0.3) is 11.8 Å². The molecule has 0 amide bonds. The number of anilines is 1. The molecular weight excluding hydrogens is 492 g/mol. The minimum absolute atomic E-state index is 0.134. The molecule has 0 atom stereocenters. The van der Waals surface area contributed by atoms with Gasteiger partial charge in [-0.05, 0) is 55.5 Å². The lowest BCUT2D eigenvalue weighted by molar-refractivity contribution is 0.0244. The van der Waals surface area contributed by atoms with Crippen LogP contribution >= 0.6 is 11.3 Å². The van der Waals surface area contributed by atoms with E-state index in [2.05, 4.69) is 39.3 Å². The Morgan fingerprint density at radius 2 is 1.89 bits per heavy atom. The standard InChI is InChI=1S/C27H28N4O5S/c1-16-5-3-4-6-19(16)23-20(24(35-29-23)17-7-8-17)15-34-18-11-13-31(14-12-18)27-28-25(36-30-27)21-9-10-22(37-21)26(32)33-2/h3-6,9-10,17-18H,7-8,11-15H2,1-2H3. The fraction of sp³-hybridized carbons (Fsp3) is 0.407. The lowest BCUT2D eigenvalue weighted by Crippen LogP contribution is -2.37. The van der Waals surface area contributed by atoms with E-state index >= 15 is 0 Å². The van der Waals surface area contributed by atoms with Crippen molar-refractivity contribution < 1.29 is 23.3 Å². The molecule has 1 aliphatic carbocycles. The molecule has 2 aliphatic rings. The van der Waals surface area contributed by atoms with Gasteiger partial charge >= 0.3 is 5.97 Å². The Morgan fingerprint density at radius 3 is 2.65 bits per heavy atom. The third-order valence-corrected chi connectivity index (χ3v) is 8.03. The number of aryl methyl sites for hydroxylation is 1. The van der Waals surface area contributed by atoms with Crippen LogP contribution < -0.4 is 4.90 Å². The molecule has 10 heteroatoms. The van der Waals surface area contributed by atoms with Crippen LogP contribution in [-0.4, -0.2) is 47.6 Å². The SMILES string of the molecule is COC(=O)c1ccc(-c2nc(N3CCC(OCc4c(-c5ccccc5C)noc4C4CC4)CC3)no2)s1. The Hall–Kier alpha value is -3.50. The summed E-state index contributed by atoms with van der Waals surface area (Å²) in [6.45, 7) is 4.13. The number of carbonyl (C=O) groups excluding carboxylic acids is 1. The molecule has 192 valence electrons. The lowest BCUT2D eigenvalue weighted by atomic mass is 10.0. The molecule has 0 unspecified atom stereocenters. The second-order valence-corrected chi connectivity index (χ2v) is 10.6. The fourth-order valence-corrected chi connectivity index (χ4v) is 5.55. The zero-order valence-corrected chi connectivity index (χ0v) is 21.6. The van der Waals surface area contributed by atoms with Gasteiger partial charge in [-0.15, -0.1) is 11.3 Å². The van der Waals surface area contributed by atoms with Gasteiger partial charge in [0.1, 0.15) is 16.3 Å². The molecule has 6 rings (SSSR count). The van der Waals surface area contributed by atoms with Gasteiger partial charge in [0, 0.05) is 30.1 Å². The number of ether oxygens (including phenoxy) is 2. The van der Waals surface area contributed by atoms with Crippen LogP contribution in [0.5, 0.6) is 0 Å². The third kappa shape index (κ3) is 4.91. The van der Waals surface area contributed by atoms with Crippen molar-refractivity contribution in [2.45, 2.75) is 51.2 Å². The molecule has 4 aromatic rings. The van der Waals surface area contributed by atoms with E-state index in [1.54, 1.807) is 12.1 Å². The maximum atomic E-state index is 11.7. The van der Waals surface area contributed by atoms with Crippen LogP contribution in [0.25, 0.3) is 22.0 Å². The topological polar surface area (TPSA) is 104 Å². The fourth-order valence-electron chi connectivity index (χ4n) is 4.71. The Bertz CT molecular complexity index is 1400. The number of esters is 1. The first-order chi connectivity index (χ1) is 18.1. The smallest absolute Gasteiger partial charge is 0.348 e. The minimum Gasteiger partial charge on any atom is -0.465 e. The maximum Gasteiger partial charge on any atom is 0.348 e. The molecular formula is C27H28N4O5S. The van der Waals surface area contributed by atoms with Gasteiger partial charge in [-0.1, -0.05) is 29.4 Å². The van der Waals surface area contributed by atoms with Crippen LogP contribution in [0.2, 0.25) is 0 Å². The predicted octanol–water partition coefficient (Wildman–Crippen LogP) is 5.61. The van der Waals surface area contributed by atoms with E-state index in [9.17, 15) is 4.79 Å². The first-order valence-corrected chi connectivity index (χ1v) is 13.4. The highest BCUT2D eigenvalue weighted by Crippen LogP contribution is 2.44. The zero-order chi connectivity index (χ0) is 25.4. The van der Waals surface area contributed by atoms with Crippen LogP contribution in [-0.2, 0) is 16.1 Å². The number of piperidine rings is 1. The van der Waals surface area contributed by atoms with Crippen molar-refractivity contribution in [2.75, 3.05) is 25.1 Å². The number of hydrogen-bond donors (Lipinski definition) is 0. The largest absolute Gasteiger partial charge is 0.465 e. The molecule has 2 fully saturated rings. The molecule has 0 radical (unpaired) electrons. The second-order valence-electron chi connectivity index (χ2n) is 9.52. The summed E-state index contributed by atoms with van der Waals surface area (Å²) in [5, 5.41) is 8.61. The number of nitrogens with zero attached hydrogens (tertiary/aromatic N) is 4. The first kappa shape index (κ1) is 23.9. The highest BCUT2D eigenvalue weighted by Gasteiger charge is 2.33. The van der Waals surface area contributed by atoms with Crippen LogP contribution in [0, 0.1) is 6.92 Å². The van der Waals surface area contributed by atoms with E-state index in [0.29, 0.717) is 29.2 Å². The van der Waals surface area contributed by atoms with Crippen molar-refractivity contribution >= 4 is 23.3 Å². The highest BCUT2D eigenvalue weighted by atomic mass is 32.1. The molecule has 1 saturated carbocycles. The lowest BCUT2D eigenvalue weighted by Gasteiger charge is -2.30. The normalized spacial score (nSPS) is 16.3. The van der Waals surface area contributed by atoms with Crippen molar-refractivity contribution in [3.63, 3.8) is 0 Å². The van der Waals surface area contributed by atoms with E-state index in [0.717, 1.165) is 66.2 Å². The van der Waals surface area contributed by atoms with E-state index < -0.39 is 0 Å². The number of benzene rings is 1. The molecule has 1 aromatic carbocycles. The summed E-state index contributed by atoms with van der Waals surface area (Å²) in [5.74, 6) is 2.03. The molecule has 3 aromatic heterocycles. The van der Waals surface area contributed by atoms with Gasteiger partial charge < -0.3 is 23.4 Å². The zero-order valence-electron chi connectivity index (χ0n) is 20.8. The summed E-state index contributed by atoms with van der Waals surface area (Å²) in [7, 11) is 1.36. The molecule has 1 aliphatic heterocycles. The van der Waals surface area contributed by atoms with Crippen LogP contribution in [0.3, 0.4) is 0 Å². The Morgan fingerprint density at radius 1 is 1.08 bits per heavy atom. The van der Waals surface area contributed by atoms with Crippen molar-refractivity contribution in [1.29, 1.82) is 0 Å². The maximum absolute atomic E-state index is 11.7. The van der Waals surface area contributed by atoms with E-state index in [1.807, 2.05) is 12.1 Å². The van der Waals surface area contributed by atoms with E-state index in [4.69, 9.17) is 18.5 Å². The average molecular weight is 521 g/mol. The van der Waals surface area contributed by atoms with Crippen molar-refractivity contribution in [3.05, 3.63) is 58.2 Å². The van der Waals surface area contributed by atoms with Gasteiger partial charge in [0.05, 0.1) is 24.7 Å². The number of hydrogen-bond acceptors (Lipinski definition) is 10. The molecule has 0 N–H and O–H groups in total. The molecule has 0 spiro atoms. The van der Waals surface area contributed by atoms with E-state index in [-0.39, 0.29) is 12.1 Å². The van der Waals surface area contributed by atoms with Crippen LogP contribution in [0.1, 0.15) is 58.2 Å². The molecule has 4 heterocycles. The van der Waals surface area contributed by atoms with Crippen LogP contribution in [0.15, 0.2) is 45.4 Å². The Balaban J connectivity index is 1.08. The summed E-state index contributed by atoms with van der Waals surface area (Å²) >= 11 is 1.27. The van der Waals surface area contributed by atoms with Crippen molar-refractivity contribution in [3.8, 4) is 22.0 Å². The number of thiophene rings is 1. The van der Waals surface area contributed by atoms with Crippen molar-refractivity contribution in [2.24, 2.45) is 0 Å². The predicted molar refractivity (Wildman–Crippen MR) is 138 cm³/mol. The summed E-state index contributed by atoms with van der Waals surface area (Å²) in [6, 6.07) is 11.8. The average Bonchev–Trinajstić information content (AvgIpc) is 3.31. The van der Waals surface area contributed by atoms with Crippen molar-refractivity contribution in [1.82, 2.24) is 15.3 Å². The number of aromatic nitrogens is 3. The monoisotopic (exact) mass is 520 g/mol. The molecule has 37 heavy (non-hydrogen) atoms. The number of carbonyl (C=O) groups is 1. The number of rotatable bonds is 8. The summed E-state index contributed by atoms with van der Waals surface area (Å²) in [6.07, 6.45) is 4.15. The minimum atomic E-state index is -0.375. The molecule has 0 bridgehead atoms. The molecule has 9 nitrogen and oxygen atoms in total. The number of methoxy groups -OCH3 is 1. The summed E-state index contributed by atoms with van der Waals surface area (Å²) < 4.78 is 22.5. The second kappa shape index (κ2) is 10.1. The van der Waals surface area contributed by atoms with Gasteiger partial charge in [0.15, 0.2) is 0 Å². The summed E-state index contributed by atoms with van der Waals surface area (Å²) in [4.78, 5) is 19.6. The van der Waals surface area contributed by atoms with Gasteiger partial charge in [-0.3, -0.25) is 0 Å².